The Hall–Kier alpha value is -3.15. The molecule has 0 N–H and O–H groups in total. The van der Waals surface area contributed by atoms with Crippen LogP contribution < -0.4 is 4.90 Å². The first-order valence-electron chi connectivity index (χ1n) is 8.53. The molecule has 6 heteroatoms. The number of hydrogen-bond donors (Lipinski definition) is 0. The fraction of sp³-hybridized carbons (Fsp3) is 0.182. The van der Waals surface area contributed by atoms with Crippen LogP contribution >= 0.6 is 0 Å². The average Bonchev–Trinajstić information content (AvgIpc) is 2.65. The highest BCUT2D eigenvalue weighted by Crippen LogP contribution is 2.22. The van der Waals surface area contributed by atoms with Crippen molar-refractivity contribution in [3.63, 3.8) is 0 Å². The molecule has 0 aliphatic carbocycles. The number of carbonyl (C=O) groups excluding carboxylic acids is 2. The van der Waals surface area contributed by atoms with Gasteiger partial charge in [-0.15, -0.1) is 0 Å². The van der Waals surface area contributed by atoms with E-state index in [1.54, 1.807) is 48.5 Å². The Morgan fingerprint density at radius 1 is 0.964 bits per heavy atom. The van der Waals surface area contributed by atoms with E-state index >= 15 is 0 Å². The zero-order valence-corrected chi connectivity index (χ0v) is 15.5. The summed E-state index contributed by atoms with van der Waals surface area (Å²) < 4.78 is 38.7. The first-order chi connectivity index (χ1) is 13.2. The van der Waals surface area contributed by atoms with Gasteiger partial charge in [0.2, 0.25) is 0 Å². The van der Waals surface area contributed by atoms with E-state index in [0.717, 1.165) is 17.3 Å². The number of allylic oxidation sites excluding steroid dienone is 3. The summed E-state index contributed by atoms with van der Waals surface area (Å²) in [5.74, 6) is -3.01. The van der Waals surface area contributed by atoms with Crippen molar-refractivity contribution in [2.75, 3.05) is 19.0 Å². The molecule has 0 spiro atoms. The lowest BCUT2D eigenvalue weighted by Gasteiger charge is -2.11. The van der Waals surface area contributed by atoms with E-state index in [0.29, 0.717) is 5.56 Å². The summed E-state index contributed by atoms with van der Waals surface area (Å²) in [5, 5.41) is 0. The summed E-state index contributed by atoms with van der Waals surface area (Å²) in [7, 11) is 3.78. The average molecular weight is 387 g/mol. The summed E-state index contributed by atoms with van der Waals surface area (Å²) in [5.41, 5.74) is 1.36. The number of benzene rings is 2. The molecule has 0 fully saturated rings. The standard InChI is InChI=1S/C22H20F3NO2/c1-26(2)18-13-11-16(12-14-18)9-6-10-19(21(28)22(23,24)25)20(27)15-17-7-4-3-5-8-17/h3-14H,15H2,1-2H3/b9-6+,19-10+. The molecule has 0 aliphatic heterocycles. The molecule has 0 radical (unpaired) electrons. The number of Topliss-reactive ketones (excluding diaryl/α,β-unsaturated/α-hetero) is 2. The molecule has 3 nitrogen and oxygen atoms in total. The van der Waals surface area contributed by atoms with Gasteiger partial charge in [-0.3, -0.25) is 9.59 Å². The molecule has 2 aromatic carbocycles. The molecular formula is C22H20F3NO2. The zero-order valence-electron chi connectivity index (χ0n) is 15.5. The molecule has 0 saturated carbocycles. The van der Waals surface area contributed by atoms with E-state index < -0.39 is 23.3 Å². The van der Waals surface area contributed by atoms with Gasteiger partial charge in [-0.25, -0.2) is 0 Å². The van der Waals surface area contributed by atoms with Gasteiger partial charge in [-0.05, 0) is 29.3 Å². The van der Waals surface area contributed by atoms with Gasteiger partial charge in [0, 0.05) is 26.2 Å². The summed E-state index contributed by atoms with van der Waals surface area (Å²) in [6.07, 6.45) is -1.63. The lowest BCUT2D eigenvalue weighted by atomic mass is 9.99. The largest absolute Gasteiger partial charge is 0.455 e. The van der Waals surface area contributed by atoms with Crippen LogP contribution in [0.5, 0.6) is 0 Å². The zero-order chi connectivity index (χ0) is 20.7. The van der Waals surface area contributed by atoms with Crippen LogP contribution in [0.15, 0.2) is 72.3 Å². The van der Waals surface area contributed by atoms with Crippen LogP contribution in [0, 0.1) is 0 Å². The highest BCUT2D eigenvalue weighted by molar-refractivity contribution is 6.22. The fourth-order valence-electron chi connectivity index (χ4n) is 2.46. The van der Waals surface area contributed by atoms with E-state index in [2.05, 4.69) is 0 Å². The third-order valence-electron chi connectivity index (χ3n) is 3.97. The Kier molecular flexibility index (Phi) is 6.93. The van der Waals surface area contributed by atoms with Crippen molar-refractivity contribution >= 4 is 23.3 Å². The molecule has 0 bridgehead atoms. The van der Waals surface area contributed by atoms with Gasteiger partial charge in [-0.1, -0.05) is 54.6 Å². The minimum absolute atomic E-state index is 0.278. The Labute approximate surface area is 161 Å². The quantitative estimate of drug-likeness (QED) is 0.301. The third kappa shape index (κ3) is 5.94. The van der Waals surface area contributed by atoms with Gasteiger partial charge in [-0.2, -0.15) is 13.2 Å². The maximum atomic E-state index is 12.9. The van der Waals surface area contributed by atoms with Gasteiger partial charge in [0.25, 0.3) is 5.78 Å². The van der Waals surface area contributed by atoms with Crippen molar-refractivity contribution in [3.05, 3.63) is 83.4 Å². The molecule has 0 aromatic heterocycles. The van der Waals surface area contributed by atoms with Crippen LogP contribution in [0.1, 0.15) is 11.1 Å². The van der Waals surface area contributed by atoms with Gasteiger partial charge >= 0.3 is 6.18 Å². The number of anilines is 1. The molecule has 0 heterocycles. The van der Waals surface area contributed by atoms with Crippen LogP contribution in [0.4, 0.5) is 18.9 Å². The Bertz CT molecular complexity index is 880. The van der Waals surface area contributed by atoms with Crippen LogP contribution in [0.3, 0.4) is 0 Å². The van der Waals surface area contributed by atoms with Crippen molar-refractivity contribution in [3.8, 4) is 0 Å². The number of halogens is 3. The van der Waals surface area contributed by atoms with Crippen LogP contribution in [0.2, 0.25) is 0 Å². The highest BCUT2D eigenvalue weighted by atomic mass is 19.4. The second kappa shape index (κ2) is 9.17. The maximum absolute atomic E-state index is 12.9. The van der Waals surface area contributed by atoms with Gasteiger partial charge in [0.1, 0.15) is 0 Å². The van der Waals surface area contributed by atoms with Crippen molar-refractivity contribution in [1.82, 2.24) is 0 Å². The molecule has 0 saturated heterocycles. The Morgan fingerprint density at radius 3 is 2.11 bits per heavy atom. The number of hydrogen-bond acceptors (Lipinski definition) is 3. The van der Waals surface area contributed by atoms with E-state index in [-0.39, 0.29) is 6.42 Å². The molecule has 2 rings (SSSR count). The number of nitrogens with zero attached hydrogens (tertiary/aromatic N) is 1. The smallest absolute Gasteiger partial charge is 0.378 e. The molecule has 28 heavy (non-hydrogen) atoms. The van der Waals surface area contributed by atoms with Crippen molar-refractivity contribution in [1.29, 1.82) is 0 Å². The predicted molar refractivity (Wildman–Crippen MR) is 104 cm³/mol. The van der Waals surface area contributed by atoms with Crippen molar-refractivity contribution < 1.29 is 22.8 Å². The Morgan fingerprint density at radius 2 is 1.57 bits per heavy atom. The second-order valence-corrected chi connectivity index (χ2v) is 6.34. The molecule has 0 aliphatic rings. The number of ketones is 2. The fourth-order valence-corrected chi connectivity index (χ4v) is 2.46. The number of carbonyl (C=O) groups is 2. The summed E-state index contributed by atoms with van der Waals surface area (Å²) in [4.78, 5) is 26.0. The lowest BCUT2D eigenvalue weighted by Crippen LogP contribution is -2.29. The van der Waals surface area contributed by atoms with Crippen LogP contribution in [-0.4, -0.2) is 31.8 Å². The van der Waals surface area contributed by atoms with Crippen molar-refractivity contribution in [2.24, 2.45) is 0 Å². The van der Waals surface area contributed by atoms with E-state index in [9.17, 15) is 22.8 Å². The SMILES string of the molecule is CN(C)c1ccc(/C=C/C=C(\C(=O)Cc2ccccc2)C(=O)C(F)(F)F)cc1. The van der Waals surface area contributed by atoms with Crippen molar-refractivity contribution in [2.45, 2.75) is 12.6 Å². The first-order valence-corrected chi connectivity index (χ1v) is 8.53. The van der Waals surface area contributed by atoms with Gasteiger partial charge < -0.3 is 4.90 Å². The van der Waals surface area contributed by atoms with Gasteiger partial charge in [0.15, 0.2) is 5.78 Å². The Balaban J connectivity index is 2.25. The molecular weight excluding hydrogens is 367 g/mol. The minimum Gasteiger partial charge on any atom is -0.378 e. The monoisotopic (exact) mass is 387 g/mol. The molecule has 0 unspecified atom stereocenters. The summed E-state index contributed by atoms with van der Waals surface area (Å²) >= 11 is 0. The molecule has 0 amide bonds. The van der Waals surface area contributed by atoms with E-state index in [1.807, 2.05) is 31.1 Å². The maximum Gasteiger partial charge on any atom is 0.455 e. The minimum atomic E-state index is -5.11. The summed E-state index contributed by atoms with van der Waals surface area (Å²) in [6, 6.07) is 15.6. The normalized spacial score (nSPS) is 12.2. The predicted octanol–water partition coefficient (Wildman–Crippen LogP) is 4.64. The number of rotatable bonds is 7. The van der Waals surface area contributed by atoms with Crippen LogP contribution in [0.25, 0.3) is 6.08 Å². The van der Waals surface area contributed by atoms with E-state index in [1.165, 1.54) is 6.08 Å². The lowest BCUT2D eigenvalue weighted by molar-refractivity contribution is -0.167. The van der Waals surface area contributed by atoms with Gasteiger partial charge in [0.05, 0.1) is 5.57 Å². The number of alkyl halides is 3. The van der Waals surface area contributed by atoms with Crippen LogP contribution in [-0.2, 0) is 16.0 Å². The third-order valence-corrected chi connectivity index (χ3v) is 3.97. The molecule has 146 valence electrons. The van der Waals surface area contributed by atoms with E-state index in [4.69, 9.17) is 0 Å². The second-order valence-electron chi connectivity index (χ2n) is 6.34. The molecule has 2 aromatic rings. The first kappa shape index (κ1) is 21.2. The topological polar surface area (TPSA) is 37.4 Å². The highest BCUT2D eigenvalue weighted by Gasteiger charge is 2.42. The summed E-state index contributed by atoms with van der Waals surface area (Å²) in [6.45, 7) is 0. The molecule has 0 atom stereocenters.